The van der Waals surface area contributed by atoms with Crippen LogP contribution in [0.25, 0.3) is 0 Å². The lowest BCUT2D eigenvalue weighted by Crippen LogP contribution is -1.77. The summed E-state index contributed by atoms with van der Waals surface area (Å²) in [5, 5.41) is 0. The molecule has 1 radical (unpaired) electrons. The topological polar surface area (TPSA) is 0 Å². The molecule has 0 saturated carbocycles. The summed E-state index contributed by atoms with van der Waals surface area (Å²) >= 11 is 0. The molecule has 0 spiro atoms. The van der Waals surface area contributed by atoms with E-state index in [0.717, 1.165) is 6.42 Å². The summed E-state index contributed by atoms with van der Waals surface area (Å²) in [6, 6.07) is 0. The smallest absolute Gasteiger partial charge is 0.0348 e. The molecule has 0 aromatic heterocycles. The lowest BCUT2D eigenvalue weighted by Gasteiger charge is -1.97. The van der Waals surface area contributed by atoms with E-state index in [1.165, 1.54) is 64.2 Å². The Kier molecular flexibility index (Phi) is 15.0. The molecule has 0 aliphatic heterocycles. The first kappa shape index (κ1) is 16.5. The zero-order valence-corrected chi connectivity index (χ0v) is 11.8. The van der Waals surface area contributed by atoms with Crippen LogP contribution in [0.2, 0.25) is 0 Å². The lowest BCUT2D eigenvalue weighted by molar-refractivity contribution is 0.611. The minimum atomic E-state index is 1.07. The highest BCUT2D eigenvalue weighted by Gasteiger charge is 1.87. The van der Waals surface area contributed by atoms with Crippen molar-refractivity contribution in [2.45, 2.75) is 77.6 Å². The maximum absolute atomic E-state index is 3.84. The molecule has 0 N–H and O–H groups in total. The van der Waals surface area contributed by atoms with E-state index in [0.29, 0.717) is 0 Å². The largest absolute Gasteiger partial charge is 0.0845 e. The standard InChI is InChI=1S/C17H31/c1-3-5-7-9-11-13-15-17-16-14-12-10-8-6-4-2/h11,13,15,17H,1,3-10,12,14,16H2,2H3/b13-11+,17-15+. The first-order valence-electron chi connectivity index (χ1n) is 7.52. The molecule has 0 aromatic rings. The predicted octanol–water partition coefficient (Wildman–Crippen LogP) is 6.24. The highest BCUT2D eigenvalue weighted by atomic mass is 13.9. The second-order valence-electron chi connectivity index (χ2n) is 4.76. The van der Waals surface area contributed by atoms with Gasteiger partial charge in [0.05, 0.1) is 0 Å². The summed E-state index contributed by atoms with van der Waals surface area (Å²) in [5.41, 5.74) is 0. The molecular weight excluding hydrogens is 204 g/mol. The molecule has 0 atom stereocenters. The SMILES string of the molecule is [CH2]CCCC/C=C/C=C/CCCCCCCC. The molecule has 0 saturated heterocycles. The monoisotopic (exact) mass is 235 g/mol. The zero-order chi connectivity index (χ0) is 12.6. The maximum atomic E-state index is 3.84. The van der Waals surface area contributed by atoms with Crippen LogP contribution in [0.15, 0.2) is 24.3 Å². The van der Waals surface area contributed by atoms with Gasteiger partial charge in [-0.25, -0.2) is 0 Å². The van der Waals surface area contributed by atoms with Crippen LogP contribution in [0.4, 0.5) is 0 Å². The van der Waals surface area contributed by atoms with Crippen LogP contribution in [0.5, 0.6) is 0 Å². The van der Waals surface area contributed by atoms with E-state index in [9.17, 15) is 0 Å². The van der Waals surface area contributed by atoms with E-state index >= 15 is 0 Å². The van der Waals surface area contributed by atoms with Crippen molar-refractivity contribution < 1.29 is 0 Å². The summed E-state index contributed by atoms with van der Waals surface area (Å²) in [6.45, 7) is 6.11. The zero-order valence-electron chi connectivity index (χ0n) is 11.8. The van der Waals surface area contributed by atoms with Crippen LogP contribution < -0.4 is 0 Å². The summed E-state index contributed by atoms with van der Waals surface area (Å²) in [4.78, 5) is 0. The predicted molar refractivity (Wildman–Crippen MR) is 80.1 cm³/mol. The van der Waals surface area contributed by atoms with Crippen LogP contribution in [0.3, 0.4) is 0 Å². The Labute approximate surface area is 109 Å². The van der Waals surface area contributed by atoms with Gasteiger partial charge in [-0.1, -0.05) is 83.1 Å². The average molecular weight is 235 g/mol. The summed E-state index contributed by atoms with van der Waals surface area (Å²) in [6.07, 6.45) is 23.4. The molecule has 17 heavy (non-hydrogen) atoms. The van der Waals surface area contributed by atoms with Crippen LogP contribution in [-0.4, -0.2) is 0 Å². The summed E-state index contributed by atoms with van der Waals surface area (Å²) in [5.74, 6) is 0. The van der Waals surface area contributed by atoms with Gasteiger partial charge in [-0.15, -0.1) is 0 Å². The molecule has 0 aliphatic rings. The molecule has 0 aromatic carbocycles. The van der Waals surface area contributed by atoms with Gasteiger partial charge in [0.15, 0.2) is 0 Å². The molecule has 0 rings (SSSR count). The van der Waals surface area contributed by atoms with Crippen molar-refractivity contribution in [3.05, 3.63) is 31.2 Å². The quantitative estimate of drug-likeness (QED) is 0.277. The summed E-state index contributed by atoms with van der Waals surface area (Å²) in [7, 11) is 0. The van der Waals surface area contributed by atoms with Crippen molar-refractivity contribution >= 4 is 0 Å². The van der Waals surface area contributed by atoms with E-state index in [2.05, 4.69) is 38.2 Å². The van der Waals surface area contributed by atoms with Crippen molar-refractivity contribution in [1.29, 1.82) is 0 Å². The Morgan fingerprint density at radius 1 is 0.706 bits per heavy atom. The molecule has 0 heterocycles. The lowest BCUT2D eigenvalue weighted by atomic mass is 10.1. The van der Waals surface area contributed by atoms with Crippen molar-refractivity contribution in [3.63, 3.8) is 0 Å². The highest BCUT2D eigenvalue weighted by molar-refractivity contribution is 5.02. The second kappa shape index (κ2) is 15.5. The molecule has 0 nitrogen and oxygen atoms in total. The third-order valence-corrected chi connectivity index (χ3v) is 2.98. The molecular formula is C17H31. The number of hydrogen-bond donors (Lipinski definition) is 0. The van der Waals surface area contributed by atoms with E-state index in [-0.39, 0.29) is 0 Å². The number of allylic oxidation sites excluding steroid dienone is 4. The Bertz CT molecular complexity index is 176. The van der Waals surface area contributed by atoms with Crippen LogP contribution in [0.1, 0.15) is 77.6 Å². The minimum Gasteiger partial charge on any atom is -0.0845 e. The van der Waals surface area contributed by atoms with Crippen molar-refractivity contribution in [1.82, 2.24) is 0 Å². The Morgan fingerprint density at radius 3 is 1.82 bits per heavy atom. The third kappa shape index (κ3) is 15.5. The normalized spacial score (nSPS) is 11.9. The fourth-order valence-electron chi connectivity index (χ4n) is 1.83. The van der Waals surface area contributed by atoms with Crippen molar-refractivity contribution in [3.8, 4) is 0 Å². The molecule has 0 amide bonds. The second-order valence-corrected chi connectivity index (χ2v) is 4.76. The van der Waals surface area contributed by atoms with Gasteiger partial charge < -0.3 is 0 Å². The van der Waals surface area contributed by atoms with Gasteiger partial charge in [0.2, 0.25) is 0 Å². The summed E-state index contributed by atoms with van der Waals surface area (Å²) < 4.78 is 0. The van der Waals surface area contributed by atoms with E-state index in [4.69, 9.17) is 0 Å². The maximum Gasteiger partial charge on any atom is -0.0348 e. The van der Waals surface area contributed by atoms with Gasteiger partial charge in [0.1, 0.15) is 0 Å². The van der Waals surface area contributed by atoms with Crippen LogP contribution >= 0.6 is 0 Å². The van der Waals surface area contributed by atoms with Crippen LogP contribution in [-0.2, 0) is 0 Å². The van der Waals surface area contributed by atoms with Gasteiger partial charge in [-0.3, -0.25) is 0 Å². The number of unbranched alkanes of at least 4 members (excludes halogenated alkanes) is 9. The fourth-order valence-corrected chi connectivity index (χ4v) is 1.83. The van der Waals surface area contributed by atoms with Crippen molar-refractivity contribution in [2.75, 3.05) is 0 Å². The molecule has 0 heteroatoms. The van der Waals surface area contributed by atoms with Gasteiger partial charge in [-0.2, -0.15) is 0 Å². The molecule has 0 fully saturated rings. The van der Waals surface area contributed by atoms with E-state index < -0.39 is 0 Å². The molecule has 0 aliphatic carbocycles. The third-order valence-electron chi connectivity index (χ3n) is 2.98. The van der Waals surface area contributed by atoms with Crippen LogP contribution in [0, 0.1) is 6.92 Å². The molecule has 99 valence electrons. The highest BCUT2D eigenvalue weighted by Crippen LogP contribution is 2.07. The van der Waals surface area contributed by atoms with Gasteiger partial charge >= 0.3 is 0 Å². The van der Waals surface area contributed by atoms with Gasteiger partial charge in [0.25, 0.3) is 0 Å². The fraction of sp³-hybridized carbons (Fsp3) is 0.706. The van der Waals surface area contributed by atoms with E-state index in [1.54, 1.807) is 0 Å². The minimum absolute atomic E-state index is 1.07. The Morgan fingerprint density at radius 2 is 1.24 bits per heavy atom. The Hall–Kier alpha value is -0.520. The van der Waals surface area contributed by atoms with Gasteiger partial charge in [0, 0.05) is 0 Å². The average Bonchev–Trinajstić information content (AvgIpc) is 2.35. The number of hydrogen-bond acceptors (Lipinski definition) is 0. The van der Waals surface area contributed by atoms with Gasteiger partial charge in [-0.05, 0) is 25.7 Å². The van der Waals surface area contributed by atoms with Crippen molar-refractivity contribution in [2.24, 2.45) is 0 Å². The first-order chi connectivity index (χ1) is 8.41. The van der Waals surface area contributed by atoms with E-state index in [1.807, 2.05) is 0 Å². The first-order valence-corrected chi connectivity index (χ1v) is 7.52. The molecule has 0 unspecified atom stereocenters. The number of rotatable bonds is 12. The molecule has 0 bridgehead atoms. The Balaban J connectivity index is 3.13.